The van der Waals surface area contributed by atoms with Crippen molar-refractivity contribution in [3.8, 4) is 22.9 Å². The van der Waals surface area contributed by atoms with Crippen molar-refractivity contribution in [3.63, 3.8) is 0 Å². The molecule has 4 N–H and O–H groups in total. The molecule has 0 saturated carbocycles. The number of rotatable bonds is 7. The number of aromatic nitrogens is 4. The predicted molar refractivity (Wildman–Crippen MR) is 144 cm³/mol. The Labute approximate surface area is 216 Å². The second-order valence-electron chi connectivity index (χ2n) is 9.69. The summed E-state index contributed by atoms with van der Waals surface area (Å²) >= 11 is 0. The molecule has 4 aromatic rings. The van der Waals surface area contributed by atoms with Crippen LogP contribution in [0, 0.1) is 5.92 Å². The zero-order valence-corrected chi connectivity index (χ0v) is 21.2. The van der Waals surface area contributed by atoms with Crippen molar-refractivity contribution in [2.75, 3.05) is 18.8 Å². The number of amides is 1. The summed E-state index contributed by atoms with van der Waals surface area (Å²) in [5.74, 6) is 2.52. The summed E-state index contributed by atoms with van der Waals surface area (Å²) in [6.45, 7) is 5.33. The average molecular weight is 500 g/mol. The zero-order valence-electron chi connectivity index (χ0n) is 21.2. The van der Waals surface area contributed by atoms with Gasteiger partial charge < -0.3 is 21.1 Å². The standard InChI is InChI=1S/C28H33N7O2/c1-3-18(2)24(29)28(36)34-15-7-8-20(17-34)35-27-23(16-31-35)25(30)32-26(33-27)19-11-13-22(14-12-19)37-21-9-5-4-6-10-21/h4-6,9-14,16,18,20,24H,3,7-8,15,17,29H2,1-2H3,(H2,30,32,33)/t18-,20-,24-/m1/s1. The van der Waals surface area contributed by atoms with Crippen LogP contribution in [-0.4, -0.2) is 49.7 Å². The second kappa shape index (κ2) is 10.6. The number of hydrogen-bond donors (Lipinski definition) is 2. The molecule has 3 heterocycles. The molecule has 9 heteroatoms. The number of anilines is 1. The van der Waals surface area contributed by atoms with Crippen LogP contribution >= 0.6 is 0 Å². The molecule has 2 aromatic heterocycles. The third-order valence-corrected chi connectivity index (χ3v) is 7.17. The maximum Gasteiger partial charge on any atom is 0.239 e. The Morgan fingerprint density at radius 2 is 1.84 bits per heavy atom. The van der Waals surface area contributed by atoms with Crippen molar-refractivity contribution in [1.29, 1.82) is 0 Å². The summed E-state index contributed by atoms with van der Waals surface area (Å²) in [6.07, 6.45) is 4.34. The van der Waals surface area contributed by atoms with Gasteiger partial charge in [0.1, 0.15) is 17.3 Å². The Balaban J connectivity index is 1.39. The van der Waals surface area contributed by atoms with Crippen LogP contribution in [0.25, 0.3) is 22.4 Å². The lowest BCUT2D eigenvalue weighted by Crippen LogP contribution is -2.50. The van der Waals surface area contributed by atoms with Gasteiger partial charge in [0.2, 0.25) is 5.91 Å². The van der Waals surface area contributed by atoms with Crippen molar-refractivity contribution in [2.24, 2.45) is 11.7 Å². The van der Waals surface area contributed by atoms with Gasteiger partial charge >= 0.3 is 0 Å². The first-order valence-corrected chi connectivity index (χ1v) is 12.8. The highest BCUT2D eigenvalue weighted by Crippen LogP contribution is 2.30. The molecule has 1 amide bonds. The van der Waals surface area contributed by atoms with Crippen molar-refractivity contribution in [3.05, 3.63) is 60.8 Å². The summed E-state index contributed by atoms with van der Waals surface area (Å²) in [6, 6.07) is 16.7. The van der Waals surface area contributed by atoms with E-state index in [1.54, 1.807) is 6.20 Å². The maximum absolute atomic E-state index is 13.0. The number of carbonyl (C=O) groups excluding carboxylic acids is 1. The first kappa shape index (κ1) is 24.7. The summed E-state index contributed by atoms with van der Waals surface area (Å²) in [4.78, 5) is 24.3. The van der Waals surface area contributed by atoms with Gasteiger partial charge in [0, 0.05) is 18.7 Å². The molecule has 5 rings (SSSR count). The molecule has 0 radical (unpaired) electrons. The van der Waals surface area contributed by atoms with Gasteiger partial charge in [-0.15, -0.1) is 0 Å². The van der Waals surface area contributed by atoms with Crippen LogP contribution < -0.4 is 16.2 Å². The molecular weight excluding hydrogens is 466 g/mol. The number of piperidine rings is 1. The molecule has 0 unspecified atom stereocenters. The Morgan fingerprint density at radius 1 is 1.11 bits per heavy atom. The van der Waals surface area contributed by atoms with E-state index in [1.165, 1.54) is 0 Å². The fourth-order valence-corrected chi connectivity index (χ4v) is 4.70. The van der Waals surface area contributed by atoms with Gasteiger partial charge in [-0.1, -0.05) is 38.5 Å². The third kappa shape index (κ3) is 5.13. The molecule has 0 spiro atoms. The number of fused-ring (bicyclic) bond motifs is 1. The number of benzene rings is 2. The molecule has 0 bridgehead atoms. The Morgan fingerprint density at radius 3 is 2.57 bits per heavy atom. The molecule has 1 aliphatic heterocycles. The number of nitrogens with two attached hydrogens (primary N) is 2. The van der Waals surface area contributed by atoms with E-state index in [9.17, 15) is 4.79 Å². The van der Waals surface area contributed by atoms with Gasteiger partial charge in [-0.3, -0.25) is 4.79 Å². The fraction of sp³-hybridized carbons (Fsp3) is 0.357. The molecule has 2 aromatic carbocycles. The van der Waals surface area contributed by atoms with Crippen LogP contribution in [0.3, 0.4) is 0 Å². The number of carbonyl (C=O) groups is 1. The zero-order chi connectivity index (χ0) is 25.9. The summed E-state index contributed by atoms with van der Waals surface area (Å²) in [5.41, 5.74) is 14.1. The number of nitrogen functional groups attached to an aromatic ring is 1. The Hall–Kier alpha value is -3.98. The number of nitrogens with zero attached hydrogens (tertiary/aromatic N) is 5. The van der Waals surface area contributed by atoms with E-state index in [0.29, 0.717) is 35.8 Å². The second-order valence-corrected chi connectivity index (χ2v) is 9.69. The lowest BCUT2D eigenvalue weighted by atomic mass is 9.97. The van der Waals surface area contributed by atoms with E-state index in [4.69, 9.17) is 21.2 Å². The lowest BCUT2D eigenvalue weighted by Gasteiger charge is -2.35. The van der Waals surface area contributed by atoms with Gasteiger partial charge in [0.25, 0.3) is 0 Å². The molecule has 37 heavy (non-hydrogen) atoms. The molecule has 1 saturated heterocycles. The SMILES string of the molecule is CC[C@@H](C)[C@@H](N)C(=O)N1CCC[C@@H](n2ncc3c(N)nc(-c4ccc(Oc5ccccc5)cc4)nc32)C1. The summed E-state index contributed by atoms with van der Waals surface area (Å²) < 4.78 is 7.78. The highest BCUT2D eigenvalue weighted by molar-refractivity contribution is 5.87. The first-order chi connectivity index (χ1) is 17.9. The van der Waals surface area contributed by atoms with E-state index in [2.05, 4.69) is 17.0 Å². The molecule has 9 nitrogen and oxygen atoms in total. The van der Waals surface area contributed by atoms with E-state index in [0.717, 1.165) is 36.3 Å². The average Bonchev–Trinajstić information content (AvgIpc) is 3.37. The number of hydrogen-bond acceptors (Lipinski definition) is 7. The Kier molecular flexibility index (Phi) is 7.05. The highest BCUT2D eigenvalue weighted by atomic mass is 16.5. The normalized spacial score (nSPS) is 17.5. The molecular formula is C28H33N7O2. The van der Waals surface area contributed by atoms with Crippen LogP contribution in [0.5, 0.6) is 11.5 Å². The molecule has 0 aliphatic carbocycles. The Bertz CT molecular complexity index is 1370. The van der Waals surface area contributed by atoms with Crippen LogP contribution in [-0.2, 0) is 4.79 Å². The quantitative estimate of drug-likeness (QED) is 0.386. The van der Waals surface area contributed by atoms with Crippen molar-refractivity contribution in [1.82, 2.24) is 24.6 Å². The minimum Gasteiger partial charge on any atom is -0.457 e. The van der Waals surface area contributed by atoms with Gasteiger partial charge in [-0.2, -0.15) is 5.10 Å². The lowest BCUT2D eigenvalue weighted by molar-refractivity contribution is -0.135. The van der Waals surface area contributed by atoms with Gasteiger partial charge in [0.05, 0.1) is 23.7 Å². The van der Waals surface area contributed by atoms with Gasteiger partial charge in [-0.25, -0.2) is 14.6 Å². The number of likely N-dealkylation sites (tertiary alicyclic amines) is 1. The van der Waals surface area contributed by atoms with E-state index in [1.807, 2.05) is 71.1 Å². The summed E-state index contributed by atoms with van der Waals surface area (Å²) in [5, 5.41) is 5.31. The van der Waals surface area contributed by atoms with E-state index < -0.39 is 6.04 Å². The largest absolute Gasteiger partial charge is 0.457 e. The number of para-hydroxylation sites is 1. The van der Waals surface area contributed by atoms with E-state index >= 15 is 0 Å². The van der Waals surface area contributed by atoms with E-state index in [-0.39, 0.29) is 17.9 Å². The van der Waals surface area contributed by atoms with Crippen LogP contribution in [0.4, 0.5) is 5.82 Å². The van der Waals surface area contributed by atoms with Crippen LogP contribution in [0.2, 0.25) is 0 Å². The van der Waals surface area contributed by atoms with Crippen LogP contribution in [0.15, 0.2) is 60.8 Å². The smallest absolute Gasteiger partial charge is 0.239 e. The van der Waals surface area contributed by atoms with Crippen molar-refractivity contribution in [2.45, 2.75) is 45.2 Å². The monoisotopic (exact) mass is 499 g/mol. The minimum atomic E-state index is -0.489. The fourth-order valence-electron chi connectivity index (χ4n) is 4.70. The van der Waals surface area contributed by atoms with Gasteiger partial charge in [0.15, 0.2) is 11.5 Å². The predicted octanol–water partition coefficient (Wildman–Crippen LogP) is 4.40. The first-order valence-electron chi connectivity index (χ1n) is 12.8. The van der Waals surface area contributed by atoms with Crippen molar-refractivity contribution >= 4 is 22.8 Å². The molecule has 1 fully saturated rings. The molecule has 1 aliphatic rings. The maximum atomic E-state index is 13.0. The topological polar surface area (TPSA) is 125 Å². The minimum absolute atomic E-state index is 0.00292. The molecule has 3 atom stereocenters. The number of ether oxygens (including phenoxy) is 1. The highest BCUT2D eigenvalue weighted by Gasteiger charge is 2.31. The molecule has 192 valence electrons. The summed E-state index contributed by atoms with van der Waals surface area (Å²) in [7, 11) is 0. The van der Waals surface area contributed by atoms with Gasteiger partial charge in [-0.05, 0) is 55.2 Å². The van der Waals surface area contributed by atoms with Crippen LogP contribution in [0.1, 0.15) is 39.2 Å². The van der Waals surface area contributed by atoms with Crippen molar-refractivity contribution < 1.29 is 9.53 Å². The third-order valence-electron chi connectivity index (χ3n) is 7.17.